The minimum Gasteiger partial charge on any atom is -0.330 e. The molecule has 2 aliphatic rings. The number of hydroxylamine groups is 6. The molecule has 0 aromatic rings. The Labute approximate surface area is 166 Å². The molecule has 0 spiro atoms. The van der Waals surface area contributed by atoms with Gasteiger partial charge in [0.05, 0.1) is 5.41 Å². The molecule has 2 fully saturated rings. The molecule has 29 heavy (non-hydrogen) atoms. The predicted octanol–water partition coefficient (Wildman–Crippen LogP) is -0.519. The molecule has 160 valence electrons. The van der Waals surface area contributed by atoms with Crippen molar-refractivity contribution in [2.75, 3.05) is 20.2 Å². The number of carbonyl (C=O) groups excluding carboxylic acids is 6. The topological polar surface area (TPSA) is 140 Å². The lowest BCUT2D eigenvalue weighted by atomic mass is 9.89. The first-order valence-corrected chi connectivity index (χ1v) is 9.00. The van der Waals surface area contributed by atoms with Crippen LogP contribution in [0.2, 0.25) is 0 Å². The van der Waals surface area contributed by atoms with Crippen molar-refractivity contribution in [1.82, 2.24) is 15.2 Å². The summed E-state index contributed by atoms with van der Waals surface area (Å²) in [6, 6.07) is 0. The molecular formula is C17H23N3O9. The summed E-state index contributed by atoms with van der Waals surface area (Å²) in [5.41, 5.74) is -1.05. The second kappa shape index (κ2) is 9.09. The van der Waals surface area contributed by atoms with E-state index in [0.29, 0.717) is 10.1 Å². The molecule has 2 aliphatic heterocycles. The molecule has 12 nitrogen and oxygen atoms in total. The first-order valence-electron chi connectivity index (χ1n) is 9.00. The number of carbonyl (C=O) groups is 6. The highest BCUT2D eigenvalue weighted by molar-refractivity contribution is 6.02. The Morgan fingerprint density at radius 1 is 0.897 bits per heavy atom. The van der Waals surface area contributed by atoms with E-state index in [1.165, 1.54) is 12.1 Å². The highest BCUT2D eigenvalue weighted by atomic mass is 16.8. The second-order valence-electron chi connectivity index (χ2n) is 7.26. The molecular weight excluding hydrogens is 390 g/mol. The Morgan fingerprint density at radius 2 is 1.34 bits per heavy atom. The lowest BCUT2D eigenvalue weighted by Gasteiger charge is -2.26. The van der Waals surface area contributed by atoms with Gasteiger partial charge < -0.3 is 9.68 Å². The zero-order valence-corrected chi connectivity index (χ0v) is 16.5. The summed E-state index contributed by atoms with van der Waals surface area (Å²) in [5.74, 6) is -3.98. The zero-order chi connectivity index (χ0) is 21.8. The average Bonchev–Trinajstić information content (AvgIpc) is 3.14. The molecule has 2 rings (SSSR count). The monoisotopic (exact) mass is 413 g/mol. The summed E-state index contributed by atoms with van der Waals surface area (Å²) in [7, 11) is 1.51. The van der Waals surface area contributed by atoms with Crippen LogP contribution >= 0.6 is 0 Å². The molecule has 0 saturated carbocycles. The molecule has 0 N–H and O–H groups in total. The van der Waals surface area contributed by atoms with Gasteiger partial charge in [0, 0.05) is 39.3 Å². The van der Waals surface area contributed by atoms with E-state index in [0.717, 1.165) is 0 Å². The molecule has 0 unspecified atom stereocenters. The van der Waals surface area contributed by atoms with Crippen molar-refractivity contribution < 1.29 is 43.3 Å². The van der Waals surface area contributed by atoms with Crippen LogP contribution in [0.1, 0.15) is 46.0 Å². The van der Waals surface area contributed by atoms with Crippen LogP contribution in [-0.2, 0) is 43.3 Å². The summed E-state index contributed by atoms with van der Waals surface area (Å²) < 4.78 is 0. The van der Waals surface area contributed by atoms with Crippen LogP contribution in [0, 0.1) is 5.41 Å². The number of amides is 4. The molecule has 2 heterocycles. The largest absolute Gasteiger partial charge is 0.360 e. The Balaban J connectivity index is 1.73. The van der Waals surface area contributed by atoms with Gasteiger partial charge in [-0.05, 0) is 20.3 Å². The third kappa shape index (κ3) is 5.81. The van der Waals surface area contributed by atoms with Crippen molar-refractivity contribution in [3.8, 4) is 0 Å². The Morgan fingerprint density at radius 3 is 1.83 bits per heavy atom. The Bertz CT molecular complexity index is 702. The van der Waals surface area contributed by atoms with Crippen LogP contribution in [0.4, 0.5) is 0 Å². The fourth-order valence-electron chi connectivity index (χ4n) is 2.42. The van der Waals surface area contributed by atoms with E-state index in [4.69, 9.17) is 9.68 Å². The lowest BCUT2D eigenvalue weighted by Crippen LogP contribution is -2.39. The number of rotatable bonds is 9. The minimum absolute atomic E-state index is 0.00726. The van der Waals surface area contributed by atoms with Crippen LogP contribution < -0.4 is 0 Å². The molecule has 0 radical (unpaired) electrons. The molecule has 0 aromatic heterocycles. The van der Waals surface area contributed by atoms with Gasteiger partial charge in [0.15, 0.2) is 6.61 Å². The normalized spacial score (nSPS) is 17.5. The number of hydrogen-bond acceptors (Lipinski definition) is 10. The van der Waals surface area contributed by atoms with E-state index in [1.807, 2.05) is 0 Å². The maximum atomic E-state index is 12.3. The van der Waals surface area contributed by atoms with E-state index in [1.54, 1.807) is 13.8 Å². The summed E-state index contributed by atoms with van der Waals surface area (Å²) in [4.78, 5) is 84.6. The predicted molar refractivity (Wildman–Crippen MR) is 91.3 cm³/mol. The molecule has 0 aromatic carbocycles. The van der Waals surface area contributed by atoms with Gasteiger partial charge in [-0.15, -0.1) is 10.1 Å². The van der Waals surface area contributed by atoms with Gasteiger partial charge in [0.2, 0.25) is 0 Å². The van der Waals surface area contributed by atoms with Crippen molar-refractivity contribution in [1.29, 1.82) is 0 Å². The first-order chi connectivity index (χ1) is 13.5. The van der Waals surface area contributed by atoms with Gasteiger partial charge in [0.25, 0.3) is 23.6 Å². The minimum atomic E-state index is -1.05. The second-order valence-corrected chi connectivity index (χ2v) is 7.26. The van der Waals surface area contributed by atoms with Crippen molar-refractivity contribution in [2.24, 2.45) is 5.41 Å². The number of nitrogens with zero attached hydrogens (tertiary/aromatic N) is 3. The fourth-order valence-corrected chi connectivity index (χ4v) is 2.42. The summed E-state index contributed by atoms with van der Waals surface area (Å²) in [5, 5.41) is 2.18. The third-order valence-corrected chi connectivity index (χ3v) is 4.39. The van der Waals surface area contributed by atoms with Crippen molar-refractivity contribution in [3.05, 3.63) is 0 Å². The molecule has 0 bridgehead atoms. The van der Waals surface area contributed by atoms with Gasteiger partial charge in [0.1, 0.15) is 0 Å². The Hall–Kier alpha value is -2.86. The quantitative estimate of drug-likeness (QED) is 0.358. The first kappa shape index (κ1) is 22.4. The van der Waals surface area contributed by atoms with Gasteiger partial charge >= 0.3 is 11.9 Å². The van der Waals surface area contributed by atoms with Crippen molar-refractivity contribution in [3.63, 3.8) is 0 Å². The van der Waals surface area contributed by atoms with E-state index in [9.17, 15) is 28.8 Å². The summed E-state index contributed by atoms with van der Waals surface area (Å²) in [6.45, 7) is 2.80. The van der Waals surface area contributed by atoms with E-state index < -0.39 is 47.6 Å². The summed E-state index contributed by atoms with van der Waals surface area (Å²) >= 11 is 0. The molecule has 4 amide bonds. The SMILES string of the molecule is CN(CCC(C)(C)C(=O)ON1C(=O)CCC1=O)OCC(=O)ON1C(=O)CCC1=O. The van der Waals surface area contributed by atoms with Crippen LogP contribution in [0.3, 0.4) is 0 Å². The molecule has 0 aliphatic carbocycles. The van der Waals surface area contributed by atoms with E-state index in [2.05, 4.69) is 4.84 Å². The molecule has 2 saturated heterocycles. The molecule has 12 heteroatoms. The van der Waals surface area contributed by atoms with Crippen molar-refractivity contribution >= 4 is 35.6 Å². The lowest BCUT2D eigenvalue weighted by molar-refractivity contribution is -0.213. The highest BCUT2D eigenvalue weighted by Gasteiger charge is 2.38. The smallest absolute Gasteiger partial charge is 0.330 e. The fraction of sp³-hybridized carbons (Fsp3) is 0.647. The standard InChI is InChI=1S/C17H23N3O9/c1-17(2,16(26)29-20-13(23)6-7-14(20)24)8-9-18(3)27-10-15(25)28-19-11(21)4-5-12(19)22/h4-10H2,1-3H3. The molecule has 0 atom stereocenters. The number of imide groups is 2. The van der Waals surface area contributed by atoms with Gasteiger partial charge in [-0.25, -0.2) is 9.59 Å². The maximum Gasteiger partial charge on any atom is 0.360 e. The van der Waals surface area contributed by atoms with Crippen LogP contribution in [-0.4, -0.2) is 71.0 Å². The zero-order valence-electron chi connectivity index (χ0n) is 16.5. The van der Waals surface area contributed by atoms with Crippen molar-refractivity contribution in [2.45, 2.75) is 46.0 Å². The van der Waals surface area contributed by atoms with Gasteiger partial charge in [-0.1, -0.05) is 0 Å². The average molecular weight is 413 g/mol. The number of hydrogen-bond donors (Lipinski definition) is 0. The summed E-state index contributed by atoms with van der Waals surface area (Å²) in [6.07, 6.45) is 0.220. The van der Waals surface area contributed by atoms with Crippen LogP contribution in [0.15, 0.2) is 0 Å². The van der Waals surface area contributed by atoms with E-state index in [-0.39, 0.29) is 38.6 Å². The Kier molecular flexibility index (Phi) is 7.03. The van der Waals surface area contributed by atoms with Gasteiger partial charge in [-0.2, -0.15) is 5.06 Å². The highest BCUT2D eigenvalue weighted by Crippen LogP contribution is 2.25. The van der Waals surface area contributed by atoms with Gasteiger partial charge in [-0.3, -0.25) is 24.0 Å². The van der Waals surface area contributed by atoms with E-state index >= 15 is 0 Å². The third-order valence-electron chi connectivity index (χ3n) is 4.39. The van der Waals surface area contributed by atoms with Crippen LogP contribution in [0.25, 0.3) is 0 Å². The van der Waals surface area contributed by atoms with Crippen LogP contribution in [0.5, 0.6) is 0 Å². The maximum absolute atomic E-state index is 12.3.